The van der Waals surface area contributed by atoms with Crippen LogP contribution in [0.15, 0.2) is 15.8 Å². The summed E-state index contributed by atoms with van der Waals surface area (Å²) >= 11 is 0. The lowest BCUT2D eigenvalue weighted by Gasteiger charge is -2.23. The van der Waals surface area contributed by atoms with Gasteiger partial charge >= 0.3 is 5.69 Å². The maximum absolute atomic E-state index is 15.0. The molecule has 0 spiro atoms. The molecule has 1 aromatic rings. The molecular formula is C12H13F2N3O5. The third kappa shape index (κ3) is 2.66. The average Bonchev–Trinajstić information content (AvgIpc) is 2.70. The maximum atomic E-state index is 15.0. The molecule has 0 amide bonds. The van der Waals surface area contributed by atoms with E-state index in [-0.39, 0.29) is 0 Å². The van der Waals surface area contributed by atoms with E-state index in [0.29, 0.717) is 10.9 Å². The zero-order chi connectivity index (χ0) is 16.5. The monoisotopic (exact) mass is 317 g/mol. The van der Waals surface area contributed by atoms with Crippen LogP contribution in [0.3, 0.4) is 0 Å². The third-order valence-corrected chi connectivity index (χ3v) is 3.17. The van der Waals surface area contributed by atoms with Gasteiger partial charge in [-0.3, -0.25) is 9.78 Å². The van der Waals surface area contributed by atoms with Gasteiger partial charge in [-0.05, 0) is 6.92 Å². The maximum Gasteiger partial charge on any atom is 0.347 e. The van der Waals surface area contributed by atoms with Crippen molar-refractivity contribution in [3.8, 4) is 11.8 Å². The minimum Gasteiger partial charge on any atom is -0.391 e. The normalized spacial score (nSPS) is 32.3. The zero-order valence-electron chi connectivity index (χ0n) is 11.4. The van der Waals surface area contributed by atoms with Crippen LogP contribution in [0.4, 0.5) is 8.78 Å². The molecule has 0 radical (unpaired) electrons. The molecule has 22 heavy (non-hydrogen) atoms. The summed E-state index contributed by atoms with van der Waals surface area (Å²) in [6.45, 7) is 0.0563. The van der Waals surface area contributed by atoms with Gasteiger partial charge in [0.05, 0.1) is 6.10 Å². The number of H-pyrrole nitrogens is 1. The van der Waals surface area contributed by atoms with E-state index in [1.165, 1.54) is 6.92 Å². The number of nitrogens with zero attached hydrogens (tertiary/aromatic N) is 2. The second kappa shape index (κ2) is 5.96. The van der Waals surface area contributed by atoms with E-state index in [1.54, 1.807) is 0 Å². The Morgan fingerprint density at radius 1 is 1.64 bits per heavy atom. The van der Waals surface area contributed by atoms with Crippen LogP contribution in [0.1, 0.15) is 13.2 Å². The van der Waals surface area contributed by atoms with Crippen LogP contribution in [0, 0.1) is 11.8 Å². The van der Waals surface area contributed by atoms with Gasteiger partial charge < -0.3 is 14.9 Å². The van der Waals surface area contributed by atoms with Crippen LogP contribution in [0.5, 0.6) is 0 Å². The number of aromatic nitrogens is 3. The second-order valence-corrected chi connectivity index (χ2v) is 4.73. The van der Waals surface area contributed by atoms with Crippen LogP contribution in [-0.2, 0) is 4.74 Å². The third-order valence-electron chi connectivity index (χ3n) is 3.17. The summed E-state index contributed by atoms with van der Waals surface area (Å²) in [6.07, 6.45) is -5.80. The van der Waals surface area contributed by atoms with Crippen molar-refractivity contribution in [3.63, 3.8) is 0 Å². The van der Waals surface area contributed by atoms with E-state index in [0.717, 1.165) is 0 Å². The number of aliphatic hydroxyl groups excluding tert-OH is 2. The molecule has 1 aromatic heterocycles. The molecule has 1 aliphatic heterocycles. The van der Waals surface area contributed by atoms with Crippen molar-refractivity contribution >= 4 is 0 Å². The minimum atomic E-state index is -2.89. The number of ether oxygens (including phenoxy) is 1. The first-order valence-corrected chi connectivity index (χ1v) is 6.26. The molecule has 1 saturated heterocycles. The van der Waals surface area contributed by atoms with Crippen molar-refractivity contribution in [2.75, 3.05) is 6.67 Å². The number of rotatable bonds is 2. The molecule has 1 unspecified atom stereocenters. The molecule has 0 aliphatic carbocycles. The van der Waals surface area contributed by atoms with Crippen LogP contribution in [-0.4, -0.2) is 55.6 Å². The van der Waals surface area contributed by atoms with Gasteiger partial charge in [-0.25, -0.2) is 13.6 Å². The number of halogens is 2. The van der Waals surface area contributed by atoms with Gasteiger partial charge in [-0.15, -0.1) is 0 Å². The predicted molar refractivity (Wildman–Crippen MR) is 68.3 cm³/mol. The van der Waals surface area contributed by atoms with Gasteiger partial charge in [-0.1, -0.05) is 11.8 Å². The van der Waals surface area contributed by atoms with E-state index in [4.69, 9.17) is 4.74 Å². The van der Waals surface area contributed by atoms with Gasteiger partial charge in [0.15, 0.2) is 0 Å². The van der Waals surface area contributed by atoms with Crippen molar-refractivity contribution in [2.24, 2.45) is 0 Å². The Labute approximate surface area is 122 Å². The predicted octanol–water partition coefficient (Wildman–Crippen LogP) is -1.75. The molecule has 3 N–H and O–H groups in total. The Morgan fingerprint density at radius 2 is 2.32 bits per heavy atom. The first kappa shape index (κ1) is 16.3. The van der Waals surface area contributed by atoms with Gasteiger partial charge in [0.2, 0.25) is 11.9 Å². The van der Waals surface area contributed by atoms with E-state index in [1.807, 2.05) is 16.8 Å². The molecule has 2 heterocycles. The van der Waals surface area contributed by atoms with E-state index < -0.39 is 48.1 Å². The molecule has 10 heteroatoms. The first-order valence-electron chi connectivity index (χ1n) is 6.26. The van der Waals surface area contributed by atoms with Gasteiger partial charge in [0.1, 0.15) is 25.1 Å². The Hall–Kier alpha value is -2.09. The van der Waals surface area contributed by atoms with E-state index >= 15 is 4.39 Å². The first-order chi connectivity index (χ1) is 10.3. The quantitative estimate of drug-likeness (QED) is 0.557. The highest BCUT2D eigenvalue weighted by Crippen LogP contribution is 2.41. The fourth-order valence-electron chi connectivity index (χ4n) is 2.15. The van der Waals surface area contributed by atoms with Gasteiger partial charge in [-0.2, -0.15) is 9.78 Å². The summed E-state index contributed by atoms with van der Waals surface area (Å²) in [5, 5.41) is 22.9. The fraction of sp³-hybridized carbons (Fsp3) is 0.583. The summed E-state index contributed by atoms with van der Waals surface area (Å²) in [6, 6.07) is 0. The highest BCUT2D eigenvalue weighted by Gasteiger charge is 2.59. The lowest BCUT2D eigenvalue weighted by molar-refractivity contribution is -0.0850. The van der Waals surface area contributed by atoms with Crippen LogP contribution in [0.2, 0.25) is 0 Å². The number of alkyl halides is 2. The smallest absolute Gasteiger partial charge is 0.347 e. The highest BCUT2D eigenvalue weighted by molar-refractivity contribution is 5.23. The summed E-state index contributed by atoms with van der Waals surface area (Å²) in [5.41, 5.74) is -4.80. The largest absolute Gasteiger partial charge is 0.391 e. The van der Waals surface area contributed by atoms with E-state index in [9.17, 15) is 24.2 Å². The van der Waals surface area contributed by atoms with Crippen LogP contribution < -0.4 is 11.2 Å². The number of nitrogens with one attached hydrogen (secondary N) is 1. The average molecular weight is 317 g/mol. The Kier molecular flexibility index (Phi) is 4.41. The number of hydrogen-bond acceptors (Lipinski definition) is 6. The second-order valence-electron chi connectivity index (χ2n) is 4.73. The molecule has 120 valence electrons. The van der Waals surface area contributed by atoms with Crippen LogP contribution in [0.25, 0.3) is 0 Å². The molecule has 2 rings (SSSR count). The Morgan fingerprint density at radius 3 is 2.86 bits per heavy atom. The van der Waals surface area contributed by atoms with Gasteiger partial charge in [0.25, 0.3) is 5.56 Å². The summed E-state index contributed by atoms with van der Waals surface area (Å²) < 4.78 is 32.8. The van der Waals surface area contributed by atoms with Crippen molar-refractivity contribution in [3.05, 3.63) is 27.0 Å². The Balaban J connectivity index is 2.55. The lowest BCUT2D eigenvalue weighted by atomic mass is 9.94. The molecule has 1 aliphatic rings. The fourth-order valence-corrected chi connectivity index (χ4v) is 2.15. The highest BCUT2D eigenvalue weighted by atomic mass is 19.1. The van der Waals surface area contributed by atoms with Gasteiger partial charge in [0, 0.05) is 0 Å². The van der Waals surface area contributed by atoms with Crippen LogP contribution >= 0.6 is 0 Å². The standard InChI is InChI=1S/C12H13F2N3O5/c1-6(18)8-9(20)12(14,3-2-4-13)10(22-8)17-11(21)16-7(19)5-15-17/h5-6,8-10,18,20H,4H2,1H3,(H,16,19,21)/t6-,8+,9-,10+,12?/m0/s1. The zero-order valence-corrected chi connectivity index (χ0v) is 11.4. The topological polar surface area (TPSA) is 117 Å². The summed E-state index contributed by atoms with van der Waals surface area (Å²) in [4.78, 5) is 24.5. The number of hydrogen-bond donors (Lipinski definition) is 3. The van der Waals surface area contributed by atoms with Crippen molar-refractivity contribution < 1.29 is 23.7 Å². The number of aromatic amines is 1. The minimum absolute atomic E-state index is 0.430. The molecular weight excluding hydrogens is 304 g/mol. The molecule has 8 nitrogen and oxygen atoms in total. The molecule has 1 fully saturated rings. The SMILES string of the molecule is C[C@H](O)[C@H]1O[C@@H](n2ncc(=O)[nH]c2=O)C(F)(C#CCF)[C@H]1O. The molecule has 5 atom stereocenters. The summed E-state index contributed by atoms with van der Waals surface area (Å²) in [7, 11) is 0. The van der Waals surface area contributed by atoms with Crippen molar-refractivity contribution in [1.82, 2.24) is 14.8 Å². The Bertz CT molecular complexity index is 722. The van der Waals surface area contributed by atoms with Crippen molar-refractivity contribution in [1.29, 1.82) is 0 Å². The van der Waals surface area contributed by atoms with Crippen molar-refractivity contribution in [2.45, 2.75) is 37.1 Å². The molecule has 0 aromatic carbocycles. The number of aliphatic hydroxyl groups is 2. The molecule has 0 saturated carbocycles. The van der Waals surface area contributed by atoms with E-state index in [2.05, 4.69) is 5.10 Å². The molecule has 0 bridgehead atoms. The summed E-state index contributed by atoms with van der Waals surface area (Å²) in [5.74, 6) is 3.69. The lowest BCUT2D eigenvalue weighted by Crippen LogP contribution is -2.46.